The van der Waals surface area contributed by atoms with E-state index < -0.39 is 0 Å². The Hall–Kier alpha value is -1.46. The molecule has 0 saturated heterocycles. The second-order valence-corrected chi connectivity index (χ2v) is 3.45. The normalized spacial score (nSPS) is 10.0. The summed E-state index contributed by atoms with van der Waals surface area (Å²) in [4.78, 5) is 2.09. The van der Waals surface area contributed by atoms with E-state index in [1.54, 1.807) is 0 Å². The van der Waals surface area contributed by atoms with Crippen LogP contribution in [0.15, 0.2) is 24.3 Å². The van der Waals surface area contributed by atoms with Gasteiger partial charge in [0.25, 0.3) is 0 Å². The number of rotatable bonds is 5. The molecule has 80 valence electrons. The molecule has 0 atom stereocenters. The van der Waals surface area contributed by atoms with Gasteiger partial charge in [0.1, 0.15) is 5.75 Å². The number of benzene rings is 1. The van der Waals surface area contributed by atoms with E-state index in [0.717, 1.165) is 12.3 Å². The lowest BCUT2D eigenvalue weighted by Crippen LogP contribution is -2.17. The topological polar surface area (TPSA) is 12.5 Å². The largest absolute Gasteiger partial charge is 0.494 e. The summed E-state index contributed by atoms with van der Waals surface area (Å²) in [5, 5.41) is 0. The van der Waals surface area contributed by atoms with Gasteiger partial charge in [-0.05, 0) is 31.7 Å². The van der Waals surface area contributed by atoms with Crippen LogP contribution in [0.5, 0.6) is 5.75 Å². The van der Waals surface area contributed by atoms with Gasteiger partial charge in [0, 0.05) is 6.54 Å². The van der Waals surface area contributed by atoms with E-state index in [4.69, 9.17) is 11.2 Å². The molecule has 0 amide bonds. The second-order valence-electron chi connectivity index (χ2n) is 3.45. The van der Waals surface area contributed by atoms with Crippen molar-refractivity contribution in [3.05, 3.63) is 29.8 Å². The lowest BCUT2D eigenvalue weighted by Gasteiger charge is -2.13. The van der Waals surface area contributed by atoms with Gasteiger partial charge in [-0.2, -0.15) is 0 Å². The van der Waals surface area contributed by atoms with E-state index in [9.17, 15) is 0 Å². The summed E-state index contributed by atoms with van der Waals surface area (Å²) in [6.45, 7) is 4.23. The number of ether oxygens (including phenoxy) is 1. The van der Waals surface area contributed by atoms with Gasteiger partial charge in [0.15, 0.2) is 0 Å². The van der Waals surface area contributed by atoms with E-state index in [0.29, 0.717) is 13.2 Å². The van der Waals surface area contributed by atoms with Gasteiger partial charge in [-0.15, -0.1) is 6.42 Å². The molecular formula is C13H17NO. The molecule has 0 aliphatic carbocycles. The van der Waals surface area contributed by atoms with Crippen LogP contribution in [0.4, 0.5) is 0 Å². The summed E-state index contributed by atoms with van der Waals surface area (Å²) < 4.78 is 5.37. The third-order valence-electron chi connectivity index (χ3n) is 2.05. The van der Waals surface area contributed by atoms with Crippen LogP contribution in [-0.4, -0.2) is 25.1 Å². The highest BCUT2D eigenvalue weighted by atomic mass is 16.5. The van der Waals surface area contributed by atoms with Crippen LogP contribution in [-0.2, 0) is 6.54 Å². The zero-order valence-corrected chi connectivity index (χ0v) is 9.36. The fourth-order valence-corrected chi connectivity index (χ4v) is 1.38. The maximum absolute atomic E-state index is 5.37. The first-order valence-corrected chi connectivity index (χ1v) is 5.10. The highest BCUT2D eigenvalue weighted by molar-refractivity contribution is 5.27. The van der Waals surface area contributed by atoms with Crippen molar-refractivity contribution in [2.75, 3.05) is 20.2 Å². The van der Waals surface area contributed by atoms with Gasteiger partial charge in [0.2, 0.25) is 0 Å². The van der Waals surface area contributed by atoms with Crippen LogP contribution >= 0.6 is 0 Å². The first kappa shape index (κ1) is 11.6. The van der Waals surface area contributed by atoms with Gasteiger partial charge in [-0.1, -0.05) is 18.1 Å². The Morgan fingerprint density at radius 2 is 2.00 bits per heavy atom. The molecule has 15 heavy (non-hydrogen) atoms. The number of hydrogen-bond acceptors (Lipinski definition) is 2. The van der Waals surface area contributed by atoms with Crippen molar-refractivity contribution >= 4 is 0 Å². The third kappa shape index (κ3) is 4.05. The average Bonchev–Trinajstić information content (AvgIpc) is 2.22. The van der Waals surface area contributed by atoms with E-state index in [2.05, 4.69) is 23.0 Å². The predicted octanol–water partition coefficient (Wildman–Crippen LogP) is 2.15. The molecule has 0 bridgehead atoms. The van der Waals surface area contributed by atoms with Crippen LogP contribution < -0.4 is 4.74 Å². The molecular weight excluding hydrogens is 186 g/mol. The van der Waals surface area contributed by atoms with E-state index in [1.807, 2.05) is 26.1 Å². The van der Waals surface area contributed by atoms with Crippen molar-refractivity contribution in [1.82, 2.24) is 4.90 Å². The summed E-state index contributed by atoms with van der Waals surface area (Å²) in [5.74, 6) is 3.54. The van der Waals surface area contributed by atoms with Crippen LogP contribution in [0.2, 0.25) is 0 Å². The summed E-state index contributed by atoms with van der Waals surface area (Å²) in [6, 6.07) is 8.11. The Bertz CT molecular complexity index is 323. The predicted molar refractivity (Wildman–Crippen MR) is 62.8 cm³/mol. The molecule has 2 nitrogen and oxygen atoms in total. The lowest BCUT2D eigenvalue weighted by atomic mass is 10.2. The molecule has 0 N–H and O–H groups in total. The number of nitrogens with zero attached hydrogens (tertiary/aromatic N) is 1. The molecule has 0 saturated carbocycles. The van der Waals surface area contributed by atoms with Gasteiger partial charge in [-0.25, -0.2) is 0 Å². The average molecular weight is 203 g/mol. The van der Waals surface area contributed by atoms with Crippen LogP contribution in [0, 0.1) is 12.3 Å². The van der Waals surface area contributed by atoms with Crippen molar-refractivity contribution in [1.29, 1.82) is 0 Å². The molecule has 0 heterocycles. The molecule has 0 aliphatic rings. The summed E-state index contributed by atoms with van der Waals surface area (Å²) in [7, 11) is 2.01. The molecule has 0 radical (unpaired) electrons. The van der Waals surface area contributed by atoms with E-state index >= 15 is 0 Å². The van der Waals surface area contributed by atoms with E-state index in [-0.39, 0.29) is 0 Å². The molecule has 1 rings (SSSR count). The molecule has 0 aliphatic heterocycles. The Labute approximate surface area is 91.9 Å². The highest BCUT2D eigenvalue weighted by Gasteiger charge is 1.98. The fourth-order valence-electron chi connectivity index (χ4n) is 1.38. The molecule has 1 aromatic rings. The minimum Gasteiger partial charge on any atom is -0.494 e. The van der Waals surface area contributed by atoms with Crippen molar-refractivity contribution in [3.63, 3.8) is 0 Å². The summed E-state index contributed by atoms with van der Waals surface area (Å²) in [5.41, 5.74) is 1.25. The Kier molecular flexibility index (Phi) is 4.73. The zero-order chi connectivity index (χ0) is 11.1. The maximum atomic E-state index is 5.37. The second kappa shape index (κ2) is 6.10. The number of hydrogen-bond donors (Lipinski definition) is 0. The third-order valence-corrected chi connectivity index (χ3v) is 2.05. The quantitative estimate of drug-likeness (QED) is 0.680. The summed E-state index contributed by atoms with van der Waals surface area (Å²) >= 11 is 0. The smallest absolute Gasteiger partial charge is 0.119 e. The Morgan fingerprint density at radius 1 is 1.33 bits per heavy atom. The van der Waals surface area contributed by atoms with Crippen molar-refractivity contribution in [2.45, 2.75) is 13.5 Å². The van der Waals surface area contributed by atoms with Crippen molar-refractivity contribution < 1.29 is 4.74 Å². The Balaban J connectivity index is 2.53. The van der Waals surface area contributed by atoms with Gasteiger partial charge < -0.3 is 4.74 Å². The highest BCUT2D eigenvalue weighted by Crippen LogP contribution is 2.12. The molecule has 0 unspecified atom stereocenters. The van der Waals surface area contributed by atoms with E-state index in [1.165, 1.54) is 5.56 Å². The monoisotopic (exact) mass is 203 g/mol. The molecule has 0 spiro atoms. The maximum Gasteiger partial charge on any atom is 0.119 e. The minimum atomic E-state index is 0.674. The van der Waals surface area contributed by atoms with Crippen LogP contribution in [0.25, 0.3) is 0 Å². The first-order chi connectivity index (χ1) is 7.26. The zero-order valence-electron chi connectivity index (χ0n) is 9.36. The SMILES string of the molecule is C#CCN(C)Cc1ccc(OCC)cc1. The van der Waals surface area contributed by atoms with Gasteiger partial charge in [0.05, 0.1) is 13.2 Å². The van der Waals surface area contributed by atoms with Gasteiger partial charge in [-0.3, -0.25) is 4.90 Å². The van der Waals surface area contributed by atoms with Crippen molar-refractivity contribution in [3.8, 4) is 18.1 Å². The molecule has 0 aromatic heterocycles. The Morgan fingerprint density at radius 3 is 2.53 bits per heavy atom. The van der Waals surface area contributed by atoms with Gasteiger partial charge >= 0.3 is 0 Å². The van der Waals surface area contributed by atoms with Crippen molar-refractivity contribution in [2.24, 2.45) is 0 Å². The first-order valence-electron chi connectivity index (χ1n) is 5.10. The minimum absolute atomic E-state index is 0.674. The fraction of sp³-hybridized carbons (Fsp3) is 0.385. The molecule has 2 heteroatoms. The standard InChI is InChI=1S/C13H17NO/c1-4-10-14(3)11-12-6-8-13(9-7-12)15-5-2/h1,6-9H,5,10-11H2,2-3H3. The number of terminal acetylenes is 1. The summed E-state index contributed by atoms with van der Waals surface area (Å²) in [6.07, 6.45) is 5.24. The van der Waals surface area contributed by atoms with Crippen LogP contribution in [0.3, 0.4) is 0 Å². The lowest BCUT2D eigenvalue weighted by molar-refractivity contribution is 0.339. The molecule has 1 aromatic carbocycles. The molecule has 0 fully saturated rings. The van der Waals surface area contributed by atoms with Crippen LogP contribution in [0.1, 0.15) is 12.5 Å².